The molecule has 0 radical (unpaired) electrons. The Morgan fingerprint density at radius 2 is 2.16 bits per heavy atom. The van der Waals surface area contributed by atoms with Crippen LogP contribution in [-0.2, 0) is 5.88 Å². The molecule has 19 heavy (non-hydrogen) atoms. The molecule has 1 heterocycles. The third-order valence-electron chi connectivity index (χ3n) is 2.28. The molecule has 0 unspecified atom stereocenters. The summed E-state index contributed by atoms with van der Waals surface area (Å²) in [4.78, 5) is 20.2. The van der Waals surface area contributed by atoms with E-state index in [2.05, 4.69) is 47.1 Å². The summed E-state index contributed by atoms with van der Waals surface area (Å²) < 4.78 is 1.05. The van der Waals surface area contributed by atoms with Crippen LogP contribution in [-0.4, -0.2) is 15.9 Å². The van der Waals surface area contributed by atoms with Crippen LogP contribution in [0.15, 0.2) is 39.7 Å². The van der Waals surface area contributed by atoms with Crippen LogP contribution in [0.2, 0.25) is 0 Å². The van der Waals surface area contributed by atoms with E-state index in [1.165, 1.54) is 6.20 Å². The molecule has 7 heteroatoms. The number of hydrogen-bond donors (Lipinski definition) is 1. The number of halogens is 3. The highest BCUT2D eigenvalue weighted by atomic mass is 79.9. The summed E-state index contributed by atoms with van der Waals surface area (Å²) in [6, 6.07) is 7.10. The van der Waals surface area contributed by atoms with E-state index in [1.54, 1.807) is 18.2 Å². The van der Waals surface area contributed by atoms with Gasteiger partial charge in [0, 0.05) is 11.4 Å². The van der Waals surface area contributed by atoms with Gasteiger partial charge in [0.2, 0.25) is 0 Å². The van der Waals surface area contributed by atoms with Crippen LogP contribution in [0.25, 0.3) is 0 Å². The van der Waals surface area contributed by atoms with Crippen LogP contribution in [0.4, 0.5) is 5.82 Å². The second-order valence-electron chi connectivity index (χ2n) is 3.62. The molecule has 0 bridgehead atoms. The average Bonchev–Trinajstić information content (AvgIpc) is 2.42. The lowest BCUT2D eigenvalue weighted by molar-refractivity contribution is 0.102. The van der Waals surface area contributed by atoms with Gasteiger partial charge in [-0.3, -0.25) is 4.79 Å². The molecule has 1 aromatic heterocycles. The predicted molar refractivity (Wildman–Crippen MR) is 81.4 cm³/mol. The minimum Gasteiger partial charge on any atom is -0.304 e. The third-order valence-corrected chi connectivity index (χ3v) is 3.52. The van der Waals surface area contributed by atoms with Crippen molar-refractivity contribution >= 4 is 55.2 Å². The smallest absolute Gasteiger partial charge is 0.256 e. The van der Waals surface area contributed by atoms with Crippen LogP contribution in [0, 0.1) is 0 Å². The van der Waals surface area contributed by atoms with Crippen molar-refractivity contribution < 1.29 is 4.79 Å². The van der Waals surface area contributed by atoms with E-state index in [9.17, 15) is 4.79 Å². The fourth-order valence-corrected chi connectivity index (χ4v) is 2.48. The highest BCUT2D eigenvalue weighted by molar-refractivity contribution is 9.11. The number of alkyl halides is 1. The molecule has 1 N–H and O–H groups in total. The molecule has 2 rings (SSSR count). The maximum atomic E-state index is 12.1. The van der Waals surface area contributed by atoms with Gasteiger partial charge >= 0.3 is 0 Å². The van der Waals surface area contributed by atoms with Gasteiger partial charge in [0.1, 0.15) is 9.21 Å². The summed E-state index contributed by atoms with van der Waals surface area (Å²) in [6.45, 7) is 0. The van der Waals surface area contributed by atoms with Crippen LogP contribution in [0.3, 0.4) is 0 Å². The zero-order valence-electron chi connectivity index (χ0n) is 9.53. The highest BCUT2D eigenvalue weighted by Crippen LogP contribution is 2.20. The molecule has 1 amide bonds. The molecule has 0 aliphatic heterocycles. The zero-order valence-corrected chi connectivity index (χ0v) is 13.5. The van der Waals surface area contributed by atoms with Gasteiger partial charge in [-0.2, -0.15) is 0 Å². The van der Waals surface area contributed by atoms with E-state index in [0.717, 1.165) is 5.56 Å². The number of carbonyl (C=O) groups is 1. The quantitative estimate of drug-likeness (QED) is 0.786. The second kappa shape index (κ2) is 6.45. The Morgan fingerprint density at radius 3 is 2.84 bits per heavy atom. The van der Waals surface area contributed by atoms with E-state index in [0.29, 0.717) is 26.5 Å². The fraction of sp³-hybridized carbons (Fsp3) is 0.0833. The SMILES string of the molecule is O=C(Nc1ncc(Br)nc1Br)c1cccc(CCl)c1. The van der Waals surface area contributed by atoms with E-state index >= 15 is 0 Å². The lowest BCUT2D eigenvalue weighted by Gasteiger charge is -2.06. The first-order chi connectivity index (χ1) is 9.10. The number of nitrogens with zero attached hydrogens (tertiary/aromatic N) is 2. The molecule has 0 saturated heterocycles. The summed E-state index contributed by atoms with van der Waals surface area (Å²) in [7, 11) is 0. The van der Waals surface area contributed by atoms with E-state index in [1.807, 2.05) is 6.07 Å². The van der Waals surface area contributed by atoms with Crippen molar-refractivity contribution in [3.8, 4) is 0 Å². The average molecular weight is 405 g/mol. The van der Waals surface area contributed by atoms with E-state index in [-0.39, 0.29) is 5.91 Å². The number of benzene rings is 1. The van der Waals surface area contributed by atoms with Gasteiger partial charge in [-0.25, -0.2) is 9.97 Å². The Hall–Kier alpha value is -0.980. The Bertz CT molecular complexity index is 622. The largest absolute Gasteiger partial charge is 0.304 e. The van der Waals surface area contributed by atoms with Crippen LogP contribution in [0.5, 0.6) is 0 Å². The summed E-state index contributed by atoms with van der Waals surface area (Å²) in [5.74, 6) is 0.469. The van der Waals surface area contributed by atoms with Gasteiger partial charge in [0.05, 0.1) is 6.20 Å². The Morgan fingerprint density at radius 1 is 1.37 bits per heavy atom. The van der Waals surface area contributed by atoms with E-state index < -0.39 is 0 Å². The minimum atomic E-state index is -0.260. The van der Waals surface area contributed by atoms with Gasteiger partial charge in [-0.05, 0) is 49.6 Å². The van der Waals surface area contributed by atoms with Crippen molar-refractivity contribution in [1.82, 2.24) is 9.97 Å². The standard InChI is InChI=1S/C12H8Br2ClN3O/c13-9-6-16-11(10(14)17-9)18-12(19)8-3-1-2-7(4-8)5-15/h1-4,6H,5H2,(H,16,18,19). The monoisotopic (exact) mass is 403 g/mol. The van der Waals surface area contributed by atoms with Gasteiger partial charge < -0.3 is 5.32 Å². The molecule has 0 saturated carbocycles. The number of rotatable bonds is 3. The number of amides is 1. The molecule has 2 aromatic rings. The Balaban J connectivity index is 2.20. The van der Waals surface area contributed by atoms with Crippen molar-refractivity contribution in [1.29, 1.82) is 0 Å². The molecular formula is C12H8Br2ClN3O. The molecule has 0 aliphatic carbocycles. The summed E-state index contributed by atoms with van der Waals surface area (Å²) in [6.07, 6.45) is 1.51. The third kappa shape index (κ3) is 3.75. The van der Waals surface area contributed by atoms with Crippen molar-refractivity contribution in [2.24, 2.45) is 0 Å². The van der Waals surface area contributed by atoms with E-state index in [4.69, 9.17) is 11.6 Å². The lowest BCUT2D eigenvalue weighted by Crippen LogP contribution is -2.14. The Kier molecular flexibility index (Phi) is 4.90. The summed E-state index contributed by atoms with van der Waals surface area (Å²) in [5.41, 5.74) is 1.41. The van der Waals surface area contributed by atoms with Gasteiger partial charge in [-0.15, -0.1) is 11.6 Å². The number of hydrogen-bond acceptors (Lipinski definition) is 3. The first-order valence-corrected chi connectivity index (χ1v) is 7.36. The van der Waals surface area contributed by atoms with Gasteiger partial charge in [0.15, 0.2) is 5.82 Å². The number of aromatic nitrogens is 2. The minimum absolute atomic E-state index is 0.260. The molecule has 1 aromatic carbocycles. The van der Waals surface area contributed by atoms with Crippen molar-refractivity contribution in [2.75, 3.05) is 5.32 Å². The zero-order chi connectivity index (χ0) is 13.8. The molecular weight excluding hydrogens is 397 g/mol. The normalized spacial score (nSPS) is 10.3. The van der Waals surface area contributed by atoms with Gasteiger partial charge in [0.25, 0.3) is 5.91 Å². The maximum absolute atomic E-state index is 12.1. The number of anilines is 1. The number of carbonyl (C=O) groups excluding carboxylic acids is 1. The Labute approximate surface area is 131 Å². The second-order valence-corrected chi connectivity index (χ2v) is 5.45. The summed E-state index contributed by atoms with van der Waals surface area (Å²) >= 11 is 12.2. The first kappa shape index (κ1) is 14.4. The van der Waals surface area contributed by atoms with Crippen LogP contribution < -0.4 is 5.32 Å². The highest BCUT2D eigenvalue weighted by Gasteiger charge is 2.10. The fourth-order valence-electron chi connectivity index (χ4n) is 1.41. The van der Waals surface area contributed by atoms with Crippen molar-refractivity contribution in [2.45, 2.75) is 5.88 Å². The van der Waals surface area contributed by atoms with Crippen molar-refractivity contribution in [3.63, 3.8) is 0 Å². The maximum Gasteiger partial charge on any atom is 0.256 e. The summed E-state index contributed by atoms with van der Waals surface area (Å²) in [5, 5.41) is 2.68. The topological polar surface area (TPSA) is 54.9 Å². The molecule has 98 valence electrons. The predicted octanol–water partition coefficient (Wildman–Crippen LogP) is 3.99. The van der Waals surface area contributed by atoms with Crippen molar-refractivity contribution in [3.05, 3.63) is 50.8 Å². The van der Waals surface area contributed by atoms with Crippen LogP contribution in [0.1, 0.15) is 15.9 Å². The molecule has 0 aliphatic rings. The van der Waals surface area contributed by atoms with Crippen LogP contribution >= 0.6 is 43.5 Å². The number of nitrogens with one attached hydrogen (secondary N) is 1. The molecule has 0 fully saturated rings. The molecule has 0 atom stereocenters. The molecule has 4 nitrogen and oxygen atoms in total. The lowest BCUT2D eigenvalue weighted by atomic mass is 10.1. The molecule has 0 spiro atoms. The first-order valence-electron chi connectivity index (χ1n) is 5.24. The van der Waals surface area contributed by atoms with Gasteiger partial charge in [-0.1, -0.05) is 12.1 Å².